The lowest BCUT2D eigenvalue weighted by molar-refractivity contribution is -0.119. The summed E-state index contributed by atoms with van der Waals surface area (Å²) in [7, 11) is 1.41. The van der Waals surface area contributed by atoms with Crippen LogP contribution in [0, 0.1) is 0 Å². The molecule has 3 amide bonds. The van der Waals surface area contributed by atoms with Gasteiger partial charge in [0.1, 0.15) is 11.5 Å². The Morgan fingerprint density at radius 2 is 2.04 bits per heavy atom. The number of halogens is 2. The molecule has 8 nitrogen and oxygen atoms in total. The van der Waals surface area contributed by atoms with Crippen LogP contribution in [0.4, 0.5) is 19.4 Å². The third-order valence-corrected chi connectivity index (χ3v) is 3.46. The van der Waals surface area contributed by atoms with Crippen molar-refractivity contribution in [1.82, 2.24) is 20.4 Å². The lowest BCUT2D eigenvalue weighted by Crippen LogP contribution is -2.29. The lowest BCUT2D eigenvalue weighted by Gasteiger charge is -2.10. The van der Waals surface area contributed by atoms with E-state index in [9.17, 15) is 18.4 Å². The van der Waals surface area contributed by atoms with Gasteiger partial charge in [0.25, 0.3) is 5.92 Å². The van der Waals surface area contributed by atoms with Crippen LogP contribution in [0.25, 0.3) is 5.69 Å². The summed E-state index contributed by atoms with van der Waals surface area (Å²) in [5.74, 6) is -3.40. The monoisotopic (exact) mass is 366 g/mol. The minimum atomic E-state index is -3.17. The fourth-order valence-corrected chi connectivity index (χ4v) is 2.13. The van der Waals surface area contributed by atoms with Crippen LogP contribution in [0.3, 0.4) is 0 Å². The second-order valence-corrected chi connectivity index (χ2v) is 5.57. The van der Waals surface area contributed by atoms with Gasteiger partial charge in [-0.25, -0.2) is 9.48 Å². The number of carbonyl (C=O) groups excluding carboxylic acids is 2. The van der Waals surface area contributed by atoms with E-state index in [2.05, 4.69) is 21.0 Å². The Kier molecular flexibility index (Phi) is 5.88. The Balaban J connectivity index is 2.38. The summed E-state index contributed by atoms with van der Waals surface area (Å²) in [4.78, 5) is 22.9. The van der Waals surface area contributed by atoms with E-state index in [1.165, 1.54) is 11.7 Å². The van der Waals surface area contributed by atoms with Gasteiger partial charge in [-0.05, 0) is 17.7 Å². The van der Waals surface area contributed by atoms with Crippen LogP contribution in [0.15, 0.2) is 30.3 Å². The average Bonchev–Trinajstić information content (AvgIpc) is 3.03. The smallest absolute Gasteiger partial charge is 0.320 e. The van der Waals surface area contributed by atoms with E-state index in [1.54, 1.807) is 24.3 Å². The minimum Gasteiger partial charge on any atom is -0.351 e. The van der Waals surface area contributed by atoms with Crippen LogP contribution in [0.2, 0.25) is 0 Å². The minimum absolute atomic E-state index is 0.0871. The number of hydrogen-bond acceptors (Lipinski definition) is 4. The number of carbonyl (C=O) groups is 2. The van der Waals surface area contributed by atoms with Crippen molar-refractivity contribution in [2.75, 3.05) is 18.9 Å². The number of alkyl halides is 2. The zero-order valence-electron chi connectivity index (χ0n) is 14.3. The van der Waals surface area contributed by atoms with Crippen LogP contribution >= 0.6 is 0 Å². The summed E-state index contributed by atoms with van der Waals surface area (Å²) in [6, 6.07) is 7.30. The zero-order valence-corrected chi connectivity index (χ0v) is 14.3. The molecule has 0 radical (unpaired) electrons. The van der Waals surface area contributed by atoms with Gasteiger partial charge in [0.2, 0.25) is 5.91 Å². The van der Waals surface area contributed by atoms with Crippen molar-refractivity contribution in [3.63, 3.8) is 0 Å². The summed E-state index contributed by atoms with van der Waals surface area (Å²) in [6.07, 6.45) is 0. The Morgan fingerprint density at radius 1 is 1.31 bits per heavy atom. The number of hydrogen-bond donors (Lipinski definition) is 4. The second-order valence-electron chi connectivity index (χ2n) is 5.57. The van der Waals surface area contributed by atoms with Gasteiger partial charge in [-0.2, -0.15) is 13.9 Å². The average molecular weight is 366 g/mol. The van der Waals surface area contributed by atoms with Gasteiger partial charge >= 0.3 is 6.03 Å². The molecular weight excluding hydrogens is 346 g/mol. The maximum atomic E-state index is 13.6. The molecule has 0 saturated heterocycles. The molecule has 5 N–H and O–H groups in total. The first-order valence-electron chi connectivity index (χ1n) is 7.77. The first kappa shape index (κ1) is 19.3. The molecule has 2 rings (SSSR count). The van der Waals surface area contributed by atoms with E-state index in [-0.39, 0.29) is 24.8 Å². The molecule has 0 aliphatic rings. The SMILES string of the molecule is CNC(=O)Nc1cc(C(C)(F)F)nn1-c1cccc(CNC(=O)CN)c1. The summed E-state index contributed by atoms with van der Waals surface area (Å²) in [6.45, 7) is 0.816. The summed E-state index contributed by atoms with van der Waals surface area (Å²) in [5, 5.41) is 11.3. The molecule has 0 bridgehead atoms. The lowest BCUT2D eigenvalue weighted by atomic mass is 10.2. The van der Waals surface area contributed by atoms with E-state index in [0.717, 1.165) is 18.6 Å². The highest BCUT2D eigenvalue weighted by atomic mass is 19.3. The van der Waals surface area contributed by atoms with Crippen molar-refractivity contribution >= 4 is 17.8 Å². The molecular formula is C16H20F2N6O2. The van der Waals surface area contributed by atoms with Crippen LogP contribution < -0.4 is 21.7 Å². The van der Waals surface area contributed by atoms with E-state index in [4.69, 9.17) is 5.73 Å². The first-order chi connectivity index (χ1) is 12.2. The third kappa shape index (κ3) is 4.76. The van der Waals surface area contributed by atoms with Gasteiger partial charge in [0, 0.05) is 26.6 Å². The molecule has 0 saturated carbocycles. The molecule has 1 aromatic heterocycles. The van der Waals surface area contributed by atoms with Gasteiger partial charge in [-0.1, -0.05) is 12.1 Å². The quantitative estimate of drug-likeness (QED) is 0.617. The molecule has 0 spiro atoms. The van der Waals surface area contributed by atoms with E-state index < -0.39 is 17.6 Å². The van der Waals surface area contributed by atoms with Crippen LogP contribution in [0.5, 0.6) is 0 Å². The van der Waals surface area contributed by atoms with Crippen molar-refractivity contribution in [3.8, 4) is 5.69 Å². The standard InChI is InChI=1S/C16H20F2N6O2/c1-16(17,18)12-7-13(22-15(26)20-2)24(23-12)11-5-3-4-10(6-11)9-21-14(25)8-19/h3-7H,8-9,19H2,1-2H3,(H,21,25)(H2,20,22,26). The third-order valence-electron chi connectivity index (χ3n) is 3.46. The fraction of sp³-hybridized carbons (Fsp3) is 0.312. The van der Waals surface area contributed by atoms with Crippen LogP contribution in [0.1, 0.15) is 18.2 Å². The number of urea groups is 1. The van der Waals surface area contributed by atoms with Gasteiger partial charge in [-0.15, -0.1) is 0 Å². The Labute approximate surface area is 148 Å². The van der Waals surface area contributed by atoms with E-state index >= 15 is 0 Å². The maximum Gasteiger partial charge on any atom is 0.320 e. The van der Waals surface area contributed by atoms with Crippen molar-refractivity contribution in [2.45, 2.75) is 19.4 Å². The van der Waals surface area contributed by atoms with Gasteiger partial charge in [0.05, 0.1) is 12.2 Å². The summed E-state index contributed by atoms with van der Waals surface area (Å²) < 4.78 is 28.5. The molecule has 140 valence electrons. The molecule has 2 aromatic rings. The molecule has 26 heavy (non-hydrogen) atoms. The maximum absolute atomic E-state index is 13.6. The van der Waals surface area contributed by atoms with Crippen LogP contribution in [-0.4, -0.2) is 35.3 Å². The van der Waals surface area contributed by atoms with Crippen molar-refractivity contribution < 1.29 is 18.4 Å². The Morgan fingerprint density at radius 3 is 2.65 bits per heavy atom. The van der Waals surface area contributed by atoms with Crippen molar-refractivity contribution in [2.24, 2.45) is 5.73 Å². The number of rotatable bonds is 6. The zero-order chi connectivity index (χ0) is 19.3. The second kappa shape index (κ2) is 7.91. The Bertz CT molecular complexity index is 800. The number of anilines is 1. The normalized spacial score (nSPS) is 11.1. The Hall–Kier alpha value is -3.01. The molecule has 1 aromatic carbocycles. The van der Waals surface area contributed by atoms with Crippen molar-refractivity contribution in [1.29, 1.82) is 0 Å². The highest BCUT2D eigenvalue weighted by molar-refractivity contribution is 5.88. The van der Waals surface area contributed by atoms with Gasteiger partial charge in [0.15, 0.2) is 0 Å². The predicted molar refractivity (Wildman–Crippen MR) is 92.1 cm³/mol. The molecule has 0 atom stereocenters. The summed E-state index contributed by atoms with van der Waals surface area (Å²) >= 11 is 0. The summed E-state index contributed by atoms with van der Waals surface area (Å²) in [5.41, 5.74) is 5.92. The topological polar surface area (TPSA) is 114 Å². The fourth-order valence-electron chi connectivity index (χ4n) is 2.13. The van der Waals surface area contributed by atoms with E-state index in [0.29, 0.717) is 5.69 Å². The highest BCUT2D eigenvalue weighted by Crippen LogP contribution is 2.29. The van der Waals surface area contributed by atoms with Crippen molar-refractivity contribution in [3.05, 3.63) is 41.6 Å². The van der Waals surface area contributed by atoms with Gasteiger partial charge < -0.3 is 16.4 Å². The molecule has 0 aliphatic heterocycles. The number of benzene rings is 1. The van der Waals surface area contributed by atoms with Gasteiger partial charge in [-0.3, -0.25) is 10.1 Å². The molecule has 10 heteroatoms. The highest BCUT2D eigenvalue weighted by Gasteiger charge is 2.29. The van der Waals surface area contributed by atoms with Crippen LogP contribution in [-0.2, 0) is 17.3 Å². The number of nitrogens with zero attached hydrogens (tertiary/aromatic N) is 2. The number of aromatic nitrogens is 2. The molecule has 0 unspecified atom stereocenters. The number of amides is 3. The first-order valence-corrected chi connectivity index (χ1v) is 7.77. The molecule has 1 heterocycles. The molecule has 0 fully saturated rings. The predicted octanol–water partition coefficient (Wildman–Crippen LogP) is 1.31. The molecule has 0 aliphatic carbocycles. The largest absolute Gasteiger partial charge is 0.351 e. The number of nitrogens with two attached hydrogens (primary N) is 1. The number of nitrogens with one attached hydrogen (secondary N) is 3. The van der Waals surface area contributed by atoms with E-state index in [1.807, 2.05) is 0 Å².